The highest BCUT2D eigenvalue weighted by atomic mass is 32.2. The van der Waals surface area contributed by atoms with E-state index in [0.717, 1.165) is 12.5 Å². The van der Waals surface area contributed by atoms with Gasteiger partial charge in [-0.05, 0) is 30.2 Å². The topological polar surface area (TPSA) is 72.2 Å². The van der Waals surface area contributed by atoms with Crippen molar-refractivity contribution in [1.29, 1.82) is 0 Å². The second-order valence-electron chi connectivity index (χ2n) is 5.27. The normalized spacial score (nSPS) is 11.6. The third-order valence-corrected chi connectivity index (χ3v) is 3.92. The number of carbonyl (C=O) groups excluding carboxylic acids is 1. The van der Waals surface area contributed by atoms with Gasteiger partial charge in [-0.25, -0.2) is 0 Å². The summed E-state index contributed by atoms with van der Waals surface area (Å²) in [7, 11) is 0. The number of nitrogens with zero attached hydrogens (tertiary/aromatic N) is 1. The molecule has 128 valence electrons. The lowest BCUT2D eigenvalue weighted by atomic mass is 10.2. The molecule has 0 saturated heterocycles. The predicted octanol–water partition coefficient (Wildman–Crippen LogP) is 4.03. The molecule has 9 heteroatoms. The van der Waals surface area contributed by atoms with Crippen molar-refractivity contribution in [3.05, 3.63) is 33.9 Å². The number of thioether (sulfide) groups is 1. The zero-order valence-electron chi connectivity index (χ0n) is 12.6. The van der Waals surface area contributed by atoms with Crippen LogP contribution in [0, 0.1) is 16.0 Å². The summed E-state index contributed by atoms with van der Waals surface area (Å²) in [5, 5.41) is 12.8. The maximum Gasteiger partial charge on any atom is 0.405 e. The highest BCUT2D eigenvalue weighted by Gasteiger charge is 2.28. The average molecular weight is 350 g/mol. The van der Waals surface area contributed by atoms with Gasteiger partial charge in [0, 0.05) is 11.6 Å². The molecule has 0 aliphatic carbocycles. The van der Waals surface area contributed by atoms with E-state index >= 15 is 0 Å². The Labute approximate surface area is 135 Å². The minimum atomic E-state index is -4.53. The van der Waals surface area contributed by atoms with Gasteiger partial charge < -0.3 is 5.32 Å². The fourth-order valence-corrected chi connectivity index (χ4v) is 2.87. The number of hydrogen-bond acceptors (Lipinski definition) is 4. The van der Waals surface area contributed by atoms with Crippen molar-refractivity contribution < 1.29 is 22.9 Å². The first-order valence-electron chi connectivity index (χ1n) is 6.86. The zero-order valence-corrected chi connectivity index (χ0v) is 13.5. The van der Waals surface area contributed by atoms with Crippen molar-refractivity contribution >= 4 is 23.4 Å². The summed E-state index contributed by atoms with van der Waals surface area (Å²) in [5.41, 5.74) is -0.451. The molecule has 0 aromatic heterocycles. The van der Waals surface area contributed by atoms with Gasteiger partial charge in [0.25, 0.3) is 11.6 Å². The lowest BCUT2D eigenvalue weighted by Crippen LogP contribution is -2.33. The van der Waals surface area contributed by atoms with E-state index in [4.69, 9.17) is 0 Å². The monoisotopic (exact) mass is 350 g/mol. The number of carbonyl (C=O) groups is 1. The fourth-order valence-electron chi connectivity index (χ4n) is 1.61. The molecule has 0 saturated carbocycles. The summed E-state index contributed by atoms with van der Waals surface area (Å²) in [4.78, 5) is 22.5. The number of halogens is 3. The Hall–Kier alpha value is -1.77. The van der Waals surface area contributed by atoms with Crippen molar-refractivity contribution in [2.45, 2.75) is 31.3 Å². The molecule has 1 aromatic carbocycles. The van der Waals surface area contributed by atoms with Gasteiger partial charge in [-0.15, -0.1) is 11.8 Å². The fraction of sp³-hybridized carbons (Fsp3) is 0.500. The van der Waals surface area contributed by atoms with Crippen LogP contribution in [0.4, 0.5) is 18.9 Å². The maximum atomic E-state index is 12.1. The summed E-state index contributed by atoms with van der Waals surface area (Å²) in [5.74, 6) is 0.135. The van der Waals surface area contributed by atoms with Gasteiger partial charge >= 0.3 is 6.18 Å². The molecular formula is C14H17F3N2O3S. The van der Waals surface area contributed by atoms with Gasteiger partial charge in [0.1, 0.15) is 6.54 Å². The molecule has 0 unspecified atom stereocenters. The van der Waals surface area contributed by atoms with E-state index in [-0.39, 0.29) is 11.3 Å². The lowest BCUT2D eigenvalue weighted by Gasteiger charge is -2.09. The van der Waals surface area contributed by atoms with Gasteiger partial charge in [0.05, 0.1) is 9.82 Å². The van der Waals surface area contributed by atoms with Crippen molar-refractivity contribution in [1.82, 2.24) is 5.32 Å². The van der Waals surface area contributed by atoms with Crippen molar-refractivity contribution in [3.8, 4) is 0 Å². The highest BCUT2D eigenvalue weighted by Crippen LogP contribution is 2.31. The molecule has 0 spiro atoms. The molecule has 1 rings (SSSR count). The third kappa shape index (κ3) is 6.89. The SMILES string of the molecule is CC(C)CCSc1ccc(C(=O)NCC(F)(F)F)cc1[N+](=O)[O-]. The van der Waals surface area contributed by atoms with Crippen LogP contribution in [0.25, 0.3) is 0 Å². The highest BCUT2D eigenvalue weighted by molar-refractivity contribution is 7.99. The van der Waals surface area contributed by atoms with Crippen LogP contribution in [0.1, 0.15) is 30.6 Å². The molecule has 0 aliphatic heterocycles. The third-order valence-electron chi connectivity index (χ3n) is 2.82. The lowest BCUT2D eigenvalue weighted by molar-refractivity contribution is -0.387. The van der Waals surface area contributed by atoms with Crippen molar-refractivity contribution in [3.63, 3.8) is 0 Å². The molecular weight excluding hydrogens is 333 g/mol. The Balaban J connectivity index is 2.86. The van der Waals surface area contributed by atoms with E-state index in [1.807, 2.05) is 13.8 Å². The molecule has 0 fully saturated rings. The van der Waals surface area contributed by atoms with Crippen molar-refractivity contribution in [2.24, 2.45) is 5.92 Å². The number of nitro benzene ring substituents is 1. The standard InChI is InChI=1S/C14H17F3N2O3S/c1-9(2)5-6-23-12-4-3-10(7-11(12)19(21)22)13(20)18-8-14(15,16)17/h3-4,7,9H,5-6,8H2,1-2H3,(H,18,20). The minimum absolute atomic E-state index is 0.172. The molecule has 1 N–H and O–H groups in total. The molecule has 0 radical (unpaired) electrons. The summed E-state index contributed by atoms with van der Waals surface area (Å²) >= 11 is 1.29. The number of amides is 1. The predicted molar refractivity (Wildman–Crippen MR) is 81.7 cm³/mol. The molecule has 23 heavy (non-hydrogen) atoms. The second kappa shape index (κ2) is 8.19. The zero-order chi connectivity index (χ0) is 17.6. The average Bonchev–Trinajstić information content (AvgIpc) is 2.43. The summed E-state index contributed by atoms with van der Waals surface area (Å²) in [6, 6.07) is 3.69. The Bertz CT molecular complexity index is 577. The molecule has 0 atom stereocenters. The van der Waals surface area contributed by atoms with E-state index in [0.29, 0.717) is 16.6 Å². The Kier molecular flexibility index (Phi) is 6.86. The van der Waals surface area contributed by atoms with Crippen LogP contribution < -0.4 is 5.32 Å². The molecule has 1 amide bonds. The van der Waals surface area contributed by atoms with Gasteiger partial charge in [-0.3, -0.25) is 14.9 Å². The Morgan fingerprint density at radius 1 is 1.39 bits per heavy atom. The van der Waals surface area contributed by atoms with Gasteiger partial charge in [-0.1, -0.05) is 13.8 Å². The molecule has 5 nitrogen and oxygen atoms in total. The first-order valence-corrected chi connectivity index (χ1v) is 7.85. The molecule has 0 aliphatic rings. The maximum absolute atomic E-state index is 12.1. The van der Waals surface area contributed by atoms with Crippen LogP contribution in [0.5, 0.6) is 0 Å². The number of hydrogen-bond donors (Lipinski definition) is 1. The first-order chi connectivity index (χ1) is 10.6. The number of rotatable bonds is 7. The largest absolute Gasteiger partial charge is 0.405 e. The van der Waals surface area contributed by atoms with Gasteiger partial charge in [0.15, 0.2) is 0 Å². The minimum Gasteiger partial charge on any atom is -0.343 e. The van der Waals surface area contributed by atoms with E-state index in [2.05, 4.69) is 0 Å². The van der Waals surface area contributed by atoms with Crippen LogP contribution in [-0.4, -0.2) is 29.3 Å². The van der Waals surface area contributed by atoms with E-state index in [1.165, 1.54) is 23.9 Å². The smallest absolute Gasteiger partial charge is 0.343 e. The van der Waals surface area contributed by atoms with Crippen LogP contribution in [0.2, 0.25) is 0 Å². The summed E-state index contributed by atoms with van der Waals surface area (Å²) in [6.45, 7) is 2.58. The number of alkyl halides is 3. The molecule has 0 heterocycles. The van der Waals surface area contributed by atoms with Crippen LogP contribution in [-0.2, 0) is 0 Å². The van der Waals surface area contributed by atoms with E-state index in [1.54, 1.807) is 5.32 Å². The number of nitro groups is 1. The molecule has 1 aromatic rings. The van der Waals surface area contributed by atoms with Gasteiger partial charge in [0.2, 0.25) is 0 Å². The van der Waals surface area contributed by atoms with Gasteiger partial charge in [-0.2, -0.15) is 13.2 Å². The second-order valence-corrected chi connectivity index (χ2v) is 6.41. The van der Waals surface area contributed by atoms with Crippen LogP contribution in [0.15, 0.2) is 23.1 Å². The molecule has 0 bridgehead atoms. The quantitative estimate of drug-likeness (QED) is 0.458. The summed E-state index contributed by atoms with van der Waals surface area (Å²) < 4.78 is 36.2. The van der Waals surface area contributed by atoms with E-state index in [9.17, 15) is 28.1 Å². The number of benzene rings is 1. The van der Waals surface area contributed by atoms with Crippen molar-refractivity contribution in [2.75, 3.05) is 12.3 Å². The summed E-state index contributed by atoms with van der Waals surface area (Å²) in [6.07, 6.45) is -3.66. The first kappa shape index (κ1) is 19.3. The Morgan fingerprint density at radius 3 is 2.57 bits per heavy atom. The number of nitrogens with one attached hydrogen (secondary N) is 1. The Morgan fingerprint density at radius 2 is 2.04 bits per heavy atom. The van der Waals surface area contributed by atoms with Crippen LogP contribution in [0.3, 0.4) is 0 Å². The van der Waals surface area contributed by atoms with E-state index < -0.39 is 23.6 Å². The van der Waals surface area contributed by atoms with Crippen LogP contribution >= 0.6 is 11.8 Å².